The zero-order chi connectivity index (χ0) is 18.2. The molecule has 0 unspecified atom stereocenters. The number of hydrogen-bond acceptors (Lipinski definition) is 4. The summed E-state index contributed by atoms with van der Waals surface area (Å²) in [5.74, 6) is -0.543. The van der Waals surface area contributed by atoms with Crippen LogP contribution in [0.5, 0.6) is 0 Å². The molecule has 0 aromatic heterocycles. The van der Waals surface area contributed by atoms with Gasteiger partial charge in [0.25, 0.3) is 0 Å². The third kappa shape index (κ3) is 7.18. The lowest BCUT2D eigenvalue weighted by atomic mass is 9.88. The first-order chi connectivity index (χ1) is 11.3. The predicted molar refractivity (Wildman–Crippen MR) is 96.4 cm³/mol. The van der Waals surface area contributed by atoms with E-state index in [1.807, 2.05) is 6.92 Å². The van der Waals surface area contributed by atoms with Crippen molar-refractivity contribution in [2.75, 3.05) is 7.11 Å². The highest BCUT2D eigenvalue weighted by Crippen LogP contribution is 2.33. The van der Waals surface area contributed by atoms with Gasteiger partial charge in [-0.2, -0.15) is 0 Å². The van der Waals surface area contributed by atoms with Crippen LogP contribution in [0.1, 0.15) is 73.1 Å². The second-order valence-electron chi connectivity index (χ2n) is 7.43. The predicted octanol–water partition coefficient (Wildman–Crippen LogP) is 5.14. The van der Waals surface area contributed by atoms with Gasteiger partial charge in [0.1, 0.15) is 11.7 Å². The van der Waals surface area contributed by atoms with E-state index in [-0.39, 0.29) is 23.6 Å². The van der Waals surface area contributed by atoms with Gasteiger partial charge in [0, 0.05) is 0 Å². The molecule has 3 atom stereocenters. The Kier molecular flexibility index (Phi) is 8.71. The molecule has 1 saturated heterocycles. The van der Waals surface area contributed by atoms with Crippen molar-refractivity contribution in [2.45, 2.75) is 84.8 Å². The smallest absolute Gasteiger partial charge is 0.311 e. The number of hydrogen-bond donors (Lipinski definition) is 0. The van der Waals surface area contributed by atoms with Gasteiger partial charge in [-0.3, -0.25) is 4.79 Å². The molecule has 0 amide bonds. The van der Waals surface area contributed by atoms with Gasteiger partial charge in [-0.15, -0.1) is 0 Å². The van der Waals surface area contributed by atoms with Crippen LogP contribution in [0.3, 0.4) is 0 Å². The van der Waals surface area contributed by atoms with Crippen molar-refractivity contribution < 1.29 is 19.3 Å². The largest absolute Gasteiger partial charge is 0.469 e. The molecule has 4 heteroatoms. The minimum atomic E-state index is -0.295. The lowest BCUT2D eigenvalue weighted by molar-refractivity contribution is -0.411. The number of ether oxygens (including phenoxy) is 1. The van der Waals surface area contributed by atoms with Crippen LogP contribution < -0.4 is 0 Å². The van der Waals surface area contributed by atoms with E-state index < -0.39 is 0 Å². The summed E-state index contributed by atoms with van der Waals surface area (Å²) in [6.07, 6.45) is 10.2. The summed E-state index contributed by atoms with van der Waals surface area (Å²) in [6, 6.07) is 0. The fraction of sp³-hybridized carbons (Fsp3) is 0.750. The Labute approximate surface area is 147 Å². The molecule has 1 heterocycles. The van der Waals surface area contributed by atoms with E-state index in [1.165, 1.54) is 18.3 Å². The number of carbonyl (C=O) groups is 1. The number of esters is 1. The SMILES string of the molecule is COC(=O)[C@@H](C)[C@@H]1CC[C@](C)(CC/C=C(\C)CCC=C(C)C)OO1. The Morgan fingerprint density at radius 2 is 2.00 bits per heavy atom. The average Bonchev–Trinajstić information content (AvgIpc) is 2.53. The minimum absolute atomic E-state index is 0.216. The molecule has 1 aliphatic heterocycles. The van der Waals surface area contributed by atoms with Gasteiger partial charge in [-0.1, -0.05) is 23.3 Å². The summed E-state index contributed by atoms with van der Waals surface area (Å²) in [4.78, 5) is 22.7. The molecule has 0 saturated carbocycles. The van der Waals surface area contributed by atoms with Gasteiger partial charge in [-0.25, -0.2) is 9.78 Å². The van der Waals surface area contributed by atoms with Crippen LogP contribution in [0.15, 0.2) is 23.3 Å². The van der Waals surface area contributed by atoms with E-state index in [4.69, 9.17) is 14.5 Å². The van der Waals surface area contributed by atoms with Crippen LogP contribution in [0, 0.1) is 5.92 Å². The van der Waals surface area contributed by atoms with Crippen LogP contribution in [-0.2, 0) is 19.3 Å². The third-order valence-electron chi connectivity index (χ3n) is 4.72. The quantitative estimate of drug-likeness (QED) is 0.349. The average molecular weight is 338 g/mol. The maximum atomic E-state index is 11.6. The van der Waals surface area contributed by atoms with E-state index in [0.29, 0.717) is 0 Å². The standard InChI is InChI=1S/C20H34O4/c1-15(2)9-7-10-16(3)11-8-13-20(5)14-12-18(23-24-20)17(4)19(21)22-6/h9,11,17-18H,7-8,10,12-14H2,1-6H3/b16-11+/t17-,18-,20-/m0/s1. The van der Waals surface area contributed by atoms with Crippen LogP contribution in [0.25, 0.3) is 0 Å². The fourth-order valence-corrected chi connectivity index (χ4v) is 2.87. The molecule has 0 N–H and O–H groups in total. The Balaban J connectivity index is 2.36. The van der Waals surface area contributed by atoms with Crippen molar-refractivity contribution in [1.29, 1.82) is 0 Å². The molecule has 0 spiro atoms. The summed E-state index contributed by atoms with van der Waals surface area (Å²) in [6.45, 7) is 10.4. The van der Waals surface area contributed by atoms with Gasteiger partial charge in [0.15, 0.2) is 0 Å². The first-order valence-corrected chi connectivity index (χ1v) is 8.99. The molecule has 1 fully saturated rings. The van der Waals surface area contributed by atoms with Crippen LogP contribution in [0.4, 0.5) is 0 Å². The van der Waals surface area contributed by atoms with Crippen molar-refractivity contribution in [1.82, 2.24) is 0 Å². The second-order valence-corrected chi connectivity index (χ2v) is 7.43. The summed E-state index contributed by atoms with van der Waals surface area (Å²) >= 11 is 0. The maximum absolute atomic E-state index is 11.6. The molecule has 4 nitrogen and oxygen atoms in total. The highest BCUT2D eigenvalue weighted by molar-refractivity contribution is 5.72. The third-order valence-corrected chi connectivity index (χ3v) is 4.72. The Morgan fingerprint density at radius 1 is 1.29 bits per heavy atom. The van der Waals surface area contributed by atoms with Gasteiger partial charge >= 0.3 is 5.97 Å². The van der Waals surface area contributed by atoms with Gasteiger partial charge in [0.2, 0.25) is 0 Å². The zero-order valence-corrected chi connectivity index (χ0v) is 16.2. The lowest BCUT2D eigenvalue weighted by Crippen LogP contribution is -2.41. The van der Waals surface area contributed by atoms with E-state index in [9.17, 15) is 4.79 Å². The molecule has 24 heavy (non-hydrogen) atoms. The minimum Gasteiger partial charge on any atom is -0.469 e. The molecular weight excluding hydrogens is 304 g/mol. The zero-order valence-electron chi connectivity index (χ0n) is 16.2. The number of methoxy groups -OCH3 is 1. The van der Waals surface area contributed by atoms with E-state index in [1.54, 1.807) is 0 Å². The molecule has 1 rings (SSSR count). The Morgan fingerprint density at radius 3 is 2.54 bits per heavy atom. The van der Waals surface area contributed by atoms with E-state index >= 15 is 0 Å². The maximum Gasteiger partial charge on any atom is 0.311 e. The number of rotatable bonds is 8. The number of allylic oxidation sites excluding steroid dienone is 4. The molecule has 0 radical (unpaired) electrons. The Hall–Kier alpha value is -1.13. The normalized spacial score (nSPS) is 25.9. The highest BCUT2D eigenvalue weighted by atomic mass is 17.2. The summed E-state index contributed by atoms with van der Waals surface area (Å²) < 4.78 is 4.77. The van der Waals surface area contributed by atoms with Crippen LogP contribution >= 0.6 is 0 Å². The monoisotopic (exact) mass is 338 g/mol. The van der Waals surface area contributed by atoms with Crippen LogP contribution in [0.2, 0.25) is 0 Å². The highest BCUT2D eigenvalue weighted by Gasteiger charge is 2.37. The lowest BCUT2D eigenvalue weighted by Gasteiger charge is -2.37. The summed E-state index contributed by atoms with van der Waals surface area (Å²) in [5.41, 5.74) is 2.52. The first-order valence-electron chi connectivity index (χ1n) is 8.99. The van der Waals surface area contributed by atoms with Gasteiger partial charge in [-0.05, 0) is 73.1 Å². The van der Waals surface area contributed by atoms with Crippen molar-refractivity contribution in [3.63, 3.8) is 0 Å². The van der Waals surface area contributed by atoms with E-state index in [2.05, 4.69) is 39.8 Å². The summed E-state index contributed by atoms with van der Waals surface area (Å²) in [7, 11) is 1.40. The van der Waals surface area contributed by atoms with Crippen molar-refractivity contribution >= 4 is 5.97 Å². The van der Waals surface area contributed by atoms with Gasteiger partial charge < -0.3 is 4.74 Å². The summed E-state index contributed by atoms with van der Waals surface area (Å²) in [5, 5.41) is 0. The molecule has 138 valence electrons. The number of carbonyl (C=O) groups excluding carboxylic acids is 1. The molecule has 0 aromatic rings. The molecule has 0 aromatic carbocycles. The van der Waals surface area contributed by atoms with Crippen molar-refractivity contribution in [3.05, 3.63) is 23.3 Å². The fourth-order valence-electron chi connectivity index (χ4n) is 2.87. The van der Waals surface area contributed by atoms with E-state index in [0.717, 1.165) is 38.5 Å². The van der Waals surface area contributed by atoms with Crippen molar-refractivity contribution in [3.8, 4) is 0 Å². The second kappa shape index (κ2) is 10.00. The topological polar surface area (TPSA) is 44.8 Å². The molecule has 1 aliphatic rings. The Bertz CT molecular complexity index is 452. The molecular formula is C20H34O4. The van der Waals surface area contributed by atoms with Gasteiger partial charge in [0.05, 0.1) is 13.0 Å². The van der Waals surface area contributed by atoms with Crippen molar-refractivity contribution in [2.24, 2.45) is 5.92 Å². The first kappa shape index (κ1) is 20.9. The molecule has 0 aliphatic carbocycles. The molecule has 0 bridgehead atoms. The van der Waals surface area contributed by atoms with Crippen LogP contribution in [-0.4, -0.2) is 24.8 Å².